The lowest BCUT2D eigenvalue weighted by Crippen LogP contribution is -2.50. The summed E-state index contributed by atoms with van der Waals surface area (Å²) in [4.78, 5) is 27.1. The predicted octanol–water partition coefficient (Wildman–Crippen LogP) is 0.507. The van der Waals surface area contributed by atoms with Gasteiger partial charge in [0.25, 0.3) is 0 Å². The molecule has 1 aliphatic heterocycles. The number of nitrogens with zero attached hydrogens (tertiary/aromatic N) is 2. The highest BCUT2D eigenvalue weighted by Crippen LogP contribution is 2.11. The standard InChI is InChI=1S/C14H26N2O4/c1-5-19-14(18)6-7-15(4)10-13(17)16-8-11(2)20-12(3)9-16/h11-12H,5-10H2,1-4H3. The second-order valence-electron chi connectivity index (χ2n) is 5.35. The Bertz CT molecular complexity index is 325. The minimum atomic E-state index is -0.222. The van der Waals surface area contributed by atoms with Crippen molar-refractivity contribution in [1.82, 2.24) is 9.80 Å². The molecule has 1 amide bonds. The Hall–Kier alpha value is -1.14. The van der Waals surface area contributed by atoms with E-state index in [0.717, 1.165) is 0 Å². The second kappa shape index (κ2) is 8.21. The largest absolute Gasteiger partial charge is 0.466 e. The molecule has 1 aliphatic rings. The number of esters is 1. The fraction of sp³-hybridized carbons (Fsp3) is 0.857. The summed E-state index contributed by atoms with van der Waals surface area (Å²) < 4.78 is 10.5. The first-order valence-electron chi connectivity index (χ1n) is 7.19. The zero-order chi connectivity index (χ0) is 15.1. The van der Waals surface area contributed by atoms with Crippen LogP contribution in [0.15, 0.2) is 0 Å². The van der Waals surface area contributed by atoms with Gasteiger partial charge in [-0.3, -0.25) is 14.5 Å². The van der Waals surface area contributed by atoms with Gasteiger partial charge >= 0.3 is 5.97 Å². The summed E-state index contributed by atoms with van der Waals surface area (Å²) in [5.41, 5.74) is 0. The Morgan fingerprint density at radius 3 is 2.45 bits per heavy atom. The van der Waals surface area contributed by atoms with Crippen LogP contribution in [0.25, 0.3) is 0 Å². The molecule has 1 heterocycles. The van der Waals surface area contributed by atoms with Gasteiger partial charge < -0.3 is 14.4 Å². The van der Waals surface area contributed by atoms with Gasteiger partial charge in [0, 0.05) is 19.6 Å². The molecule has 6 heteroatoms. The maximum absolute atomic E-state index is 12.2. The topological polar surface area (TPSA) is 59.1 Å². The van der Waals surface area contributed by atoms with Gasteiger partial charge in [-0.1, -0.05) is 0 Å². The van der Waals surface area contributed by atoms with Crippen molar-refractivity contribution in [3.63, 3.8) is 0 Å². The van der Waals surface area contributed by atoms with Crippen LogP contribution in [-0.2, 0) is 19.1 Å². The van der Waals surface area contributed by atoms with Gasteiger partial charge in [0.15, 0.2) is 0 Å². The van der Waals surface area contributed by atoms with Gasteiger partial charge in [0.1, 0.15) is 0 Å². The summed E-state index contributed by atoms with van der Waals surface area (Å²) in [5, 5.41) is 0. The van der Waals surface area contributed by atoms with Crippen LogP contribution in [0.2, 0.25) is 0 Å². The lowest BCUT2D eigenvalue weighted by molar-refractivity contribution is -0.146. The zero-order valence-corrected chi connectivity index (χ0v) is 12.9. The normalized spacial score (nSPS) is 22.9. The third-order valence-electron chi connectivity index (χ3n) is 3.18. The molecule has 0 aromatic rings. The lowest BCUT2D eigenvalue weighted by Gasteiger charge is -2.36. The molecule has 1 saturated heterocycles. The van der Waals surface area contributed by atoms with E-state index in [2.05, 4.69) is 0 Å². The number of carbonyl (C=O) groups excluding carboxylic acids is 2. The number of carbonyl (C=O) groups is 2. The van der Waals surface area contributed by atoms with Gasteiger partial charge in [-0.15, -0.1) is 0 Å². The predicted molar refractivity (Wildman–Crippen MR) is 75.3 cm³/mol. The van der Waals surface area contributed by atoms with Crippen molar-refractivity contribution in [1.29, 1.82) is 0 Å². The van der Waals surface area contributed by atoms with E-state index in [0.29, 0.717) is 39.2 Å². The summed E-state index contributed by atoms with van der Waals surface area (Å²) in [6, 6.07) is 0. The van der Waals surface area contributed by atoms with Crippen LogP contribution in [0.5, 0.6) is 0 Å². The van der Waals surface area contributed by atoms with Crippen molar-refractivity contribution in [3.8, 4) is 0 Å². The lowest BCUT2D eigenvalue weighted by atomic mass is 10.2. The van der Waals surface area contributed by atoms with Crippen LogP contribution >= 0.6 is 0 Å². The second-order valence-corrected chi connectivity index (χ2v) is 5.35. The molecule has 2 unspecified atom stereocenters. The molecule has 0 N–H and O–H groups in total. The molecule has 20 heavy (non-hydrogen) atoms. The van der Waals surface area contributed by atoms with E-state index in [-0.39, 0.29) is 24.1 Å². The maximum Gasteiger partial charge on any atom is 0.307 e. The monoisotopic (exact) mass is 286 g/mol. The first-order chi connectivity index (χ1) is 9.42. The molecular formula is C14H26N2O4. The Kier molecular flexibility index (Phi) is 6.95. The van der Waals surface area contributed by atoms with Gasteiger partial charge in [-0.05, 0) is 27.8 Å². The van der Waals surface area contributed by atoms with Gasteiger partial charge in [-0.25, -0.2) is 0 Å². The van der Waals surface area contributed by atoms with E-state index < -0.39 is 0 Å². The third-order valence-corrected chi connectivity index (χ3v) is 3.18. The summed E-state index contributed by atoms with van der Waals surface area (Å²) in [6.07, 6.45) is 0.466. The van der Waals surface area contributed by atoms with Gasteiger partial charge in [-0.2, -0.15) is 0 Å². The van der Waals surface area contributed by atoms with E-state index in [4.69, 9.17) is 9.47 Å². The van der Waals surface area contributed by atoms with Crippen molar-refractivity contribution in [3.05, 3.63) is 0 Å². The molecular weight excluding hydrogens is 260 g/mol. The van der Waals surface area contributed by atoms with Crippen LogP contribution in [-0.4, -0.2) is 73.7 Å². The molecule has 0 aromatic heterocycles. The Morgan fingerprint density at radius 2 is 1.90 bits per heavy atom. The number of likely N-dealkylation sites (N-methyl/N-ethyl adjacent to an activating group) is 1. The molecule has 0 spiro atoms. The Balaban J connectivity index is 2.32. The van der Waals surface area contributed by atoms with Crippen LogP contribution in [0.3, 0.4) is 0 Å². The summed E-state index contributed by atoms with van der Waals surface area (Å²) in [7, 11) is 1.84. The summed E-state index contributed by atoms with van der Waals surface area (Å²) in [6.45, 7) is 8.24. The molecule has 0 aromatic carbocycles. The fourth-order valence-electron chi connectivity index (χ4n) is 2.31. The van der Waals surface area contributed by atoms with Crippen LogP contribution in [0.1, 0.15) is 27.2 Å². The van der Waals surface area contributed by atoms with Crippen molar-refractivity contribution < 1.29 is 19.1 Å². The number of amides is 1. The van der Waals surface area contributed by atoms with Crippen LogP contribution in [0, 0.1) is 0 Å². The third kappa shape index (κ3) is 5.88. The highest BCUT2D eigenvalue weighted by Gasteiger charge is 2.26. The summed E-state index contributed by atoms with van der Waals surface area (Å²) >= 11 is 0. The van der Waals surface area contributed by atoms with Crippen LogP contribution < -0.4 is 0 Å². The highest BCUT2D eigenvalue weighted by molar-refractivity contribution is 5.78. The van der Waals surface area contributed by atoms with Gasteiger partial charge in [0.2, 0.25) is 5.91 Å². The van der Waals surface area contributed by atoms with E-state index >= 15 is 0 Å². The minimum Gasteiger partial charge on any atom is -0.466 e. The molecule has 0 saturated carbocycles. The molecule has 0 aliphatic carbocycles. The average Bonchev–Trinajstić information content (AvgIpc) is 2.35. The number of hydrogen-bond donors (Lipinski definition) is 0. The SMILES string of the molecule is CCOC(=O)CCN(C)CC(=O)N1CC(C)OC(C)C1. The molecule has 0 bridgehead atoms. The van der Waals surface area contributed by atoms with Crippen molar-refractivity contribution in [2.75, 3.05) is 39.8 Å². The first-order valence-corrected chi connectivity index (χ1v) is 7.19. The first kappa shape index (κ1) is 16.9. The molecule has 2 atom stereocenters. The zero-order valence-electron chi connectivity index (χ0n) is 12.9. The Morgan fingerprint density at radius 1 is 1.30 bits per heavy atom. The number of rotatable bonds is 6. The Labute approximate surface area is 121 Å². The van der Waals surface area contributed by atoms with Gasteiger partial charge in [0.05, 0.1) is 31.8 Å². The quantitative estimate of drug-likeness (QED) is 0.666. The van der Waals surface area contributed by atoms with Crippen molar-refractivity contribution in [2.24, 2.45) is 0 Å². The highest BCUT2D eigenvalue weighted by atomic mass is 16.5. The molecule has 6 nitrogen and oxygen atoms in total. The van der Waals surface area contributed by atoms with Crippen molar-refractivity contribution >= 4 is 11.9 Å². The molecule has 116 valence electrons. The maximum atomic E-state index is 12.2. The molecule has 1 rings (SSSR count). The van der Waals surface area contributed by atoms with E-state index in [1.807, 2.05) is 30.7 Å². The number of hydrogen-bond acceptors (Lipinski definition) is 5. The molecule has 0 radical (unpaired) electrons. The number of morpholine rings is 1. The van der Waals surface area contributed by atoms with E-state index in [9.17, 15) is 9.59 Å². The van der Waals surface area contributed by atoms with E-state index in [1.54, 1.807) is 6.92 Å². The number of ether oxygens (including phenoxy) is 2. The van der Waals surface area contributed by atoms with Crippen LogP contribution in [0.4, 0.5) is 0 Å². The average molecular weight is 286 g/mol. The fourth-order valence-corrected chi connectivity index (χ4v) is 2.31. The minimum absolute atomic E-state index is 0.0764. The summed E-state index contributed by atoms with van der Waals surface area (Å²) in [5.74, 6) is -0.140. The molecule has 1 fully saturated rings. The van der Waals surface area contributed by atoms with Crippen molar-refractivity contribution in [2.45, 2.75) is 39.4 Å². The smallest absolute Gasteiger partial charge is 0.307 e. The van der Waals surface area contributed by atoms with E-state index in [1.165, 1.54) is 0 Å².